The number of hydrogen-bond donors (Lipinski definition) is 5. The number of ether oxygens (including phenoxy) is 1. The summed E-state index contributed by atoms with van der Waals surface area (Å²) in [5.41, 5.74) is 9.86. The van der Waals surface area contributed by atoms with Crippen molar-refractivity contribution in [2.75, 3.05) is 18.1 Å². The lowest BCUT2D eigenvalue weighted by atomic mass is 10.1. The van der Waals surface area contributed by atoms with E-state index in [2.05, 4.69) is 9.97 Å². The Kier molecular flexibility index (Phi) is 3.17. The van der Waals surface area contributed by atoms with Gasteiger partial charge in [-0.3, -0.25) is 0 Å². The molecule has 2 heterocycles. The fraction of sp³-hybridized carbons (Fsp3) is 0.625. The van der Waals surface area contributed by atoms with E-state index in [1.807, 2.05) is 0 Å². The van der Waals surface area contributed by atoms with Crippen LogP contribution in [0.15, 0.2) is 4.79 Å². The molecule has 10 heteroatoms. The van der Waals surface area contributed by atoms with Crippen molar-refractivity contribution in [1.82, 2.24) is 14.5 Å². The van der Waals surface area contributed by atoms with Gasteiger partial charge in [-0.2, -0.15) is 9.97 Å². The monoisotopic (exact) mass is 259 g/mol. The van der Waals surface area contributed by atoms with Gasteiger partial charge in [-0.05, 0) is 0 Å². The molecule has 1 unspecified atom stereocenters. The molecule has 1 saturated heterocycles. The van der Waals surface area contributed by atoms with E-state index >= 15 is 0 Å². The van der Waals surface area contributed by atoms with E-state index < -0.39 is 36.8 Å². The van der Waals surface area contributed by atoms with E-state index in [9.17, 15) is 15.0 Å². The highest BCUT2D eigenvalue weighted by Gasteiger charge is 2.44. The molecule has 100 valence electrons. The molecule has 0 radical (unpaired) electrons. The third-order valence-electron chi connectivity index (χ3n) is 2.66. The van der Waals surface area contributed by atoms with Gasteiger partial charge in [0.1, 0.15) is 18.3 Å². The van der Waals surface area contributed by atoms with Crippen LogP contribution in [-0.4, -0.2) is 54.8 Å². The zero-order chi connectivity index (χ0) is 13.4. The summed E-state index contributed by atoms with van der Waals surface area (Å²) >= 11 is 0. The summed E-state index contributed by atoms with van der Waals surface area (Å²) < 4.78 is 5.90. The fourth-order valence-electron chi connectivity index (χ4n) is 1.78. The smallest absolute Gasteiger partial charge is 0.355 e. The molecule has 10 nitrogen and oxygen atoms in total. The number of aliphatic hydroxyl groups is 3. The fourth-order valence-corrected chi connectivity index (χ4v) is 1.78. The second kappa shape index (κ2) is 4.49. The van der Waals surface area contributed by atoms with E-state index in [-0.39, 0.29) is 11.9 Å². The van der Waals surface area contributed by atoms with Gasteiger partial charge in [-0.25, -0.2) is 9.36 Å². The molecule has 0 bridgehead atoms. The number of nitrogens with two attached hydrogens (primary N) is 2. The molecule has 18 heavy (non-hydrogen) atoms. The van der Waals surface area contributed by atoms with Crippen molar-refractivity contribution < 1.29 is 20.1 Å². The van der Waals surface area contributed by atoms with E-state index in [1.54, 1.807) is 0 Å². The van der Waals surface area contributed by atoms with Gasteiger partial charge in [0, 0.05) is 0 Å². The van der Waals surface area contributed by atoms with Crippen molar-refractivity contribution in [3.63, 3.8) is 0 Å². The van der Waals surface area contributed by atoms with Crippen LogP contribution in [0.1, 0.15) is 6.23 Å². The standard InChI is InChI=1S/C8H13N5O5/c9-6-11-7(10)13(8(17)12-6)5-4(16)3(15)2(1-14)18-5/h2-5,14-16H,1H2,(H4,9,10,11,12,17)/t2-,3+,4?,5-/m1/s1. The summed E-state index contributed by atoms with van der Waals surface area (Å²) in [5, 5.41) is 28.2. The molecule has 0 aliphatic carbocycles. The van der Waals surface area contributed by atoms with Gasteiger partial charge in [0.15, 0.2) is 6.23 Å². The second-order valence-corrected chi connectivity index (χ2v) is 3.82. The number of aliphatic hydroxyl groups excluding tert-OH is 3. The third-order valence-corrected chi connectivity index (χ3v) is 2.66. The molecule has 1 aromatic rings. The van der Waals surface area contributed by atoms with Crippen molar-refractivity contribution in [3.05, 3.63) is 10.5 Å². The Labute approximate surface area is 100 Å². The molecule has 2 rings (SSSR count). The summed E-state index contributed by atoms with van der Waals surface area (Å²) in [6, 6.07) is 0. The van der Waals surface area contributed by atoms with E-state index in [0.717, 1.165) is 4.57 Å². The van der Waals surface area contributed by atoms with Gasteiger partial charge in [-0.15, -0.1) is 0 Å². The molecule has 1 aliphatic heterocycles. The number of aromatic nitrogens is 3. The minimum absolute atomic E-state index is 0.303. The van der Waals surface area contributed by atoms with Crippen LogP contribution in [0, 0.1) is 0 Å². The molecule has 0 aromatic carbocycles. The molecule has 1 aromatic heterocycles. The summed E-state index contributed by atoms with van der Waals surface area (Å²) in [5.74, 6) is -0.608. The van der Waals surface area contributed by atoms with Crippen molar-refractivity contribution in [3.8, 4) is 0 Å². The van der Waals surface area contributed by atoms with E-state index in [0.29, 0.717) is 0 Å². The highest BCUT2D eigenvalue weighted by atomic mass is 16.6. The molecule has 0 spiro atoms. The predicted molar refractivity (Wildman–Crippen MR) is 58.1 cm³/mol. The SMILES string of the molecule is Nc1nc(N)n([C@@H]2O[C@H](CO)[C@H](O)C2O)c(=O)n1. The Hall–Kier alpha value is -1.75. The van der Waals surface area contributed by atoms with Crippen molar-refractivity contribution >= 4 is 11.9 Å². The first-order chi connectivity index (χ1) is 8.45. The second-order valence-electron chi connectivity index (χ2n) is 3.82. The molecular weight excluding hydrogens is 246 g/mol. The van der Waals surface area contributed by atoms with Crippen molar-refractivity contribution in [2.45, 2.75) is 24.5 Å². The lowest BCUT2D eigenvalue weighted by Gasteiger charge is -2.18. The maximum Gasteiger partial charge on any atom is 0.355 e. The lowest BCUT2D eigenvalue weighted by Crippen LogP contribution is -2.37. The number of nitrogen functional groups attached to an aromatic ring is 2. The van der Waals surface area contributed by atoms with Gasteiger partial charge in [0.05, 0.1) is 6.61 Å². The number of nitrogens with zero attached hydrogens (tertiary/aromatic N) is 3. The highest BCUT2D eigenvalue weighted by Crippen LogP contribution is 2.29. The van der Waals surface area contributed by atoms with Gasteiger partial charge in [-0.1, -0.05) is 0 Å². The van der Waals surface area contributed by atoms with Gasteiger partial charge in [0.2, 0.25) is 11.9 Å². The summed E-state index contributed by atoms with van der Waals surface area (Å²) in [7, 11) is 0. The molecule has 4 atom stereocenters. The number of anilines is 2. The van der Waals surface area contributed by atoms with Crippen molar-refractivity contribution in [1.29, 1.82) is 0 Å². The Morgan fingerprint density at radius 3 is 2.44 bits per heavy atom. The third kappa shape index (κ3) is 1.90. The van der Waals surface area contributed by atoms with Crippen LogP contribution < -0.4 is 17.2 Å². The summed E-state index contributed by atoms with van der Waals surface area (Å²) in [6.07, 6.45) is -5.07. The molecular formula is C8H13N5O5. The molecule has 1 fully saturated rings. The molecule has 0 saturated carbocycles. The highest BCUT2D eigenvalue weighted by molar-refractivity contribution is 5.26. The summed E-state index contributed by atoms with van der Waals surface area (Å²) in [6.45, 7) is -0.515. The van der Waals surface area contributed by atoms with Gasteiger partial charge < -0.3 is 31.5 Å². The van der Waals surface area contributed by atoms with Gasteiger partial charge in [0.25, 0.3) is 0 Å². The zero-order valence-corrected chi connectivity index (χ0v) is 9.17. The lowest BCUT2D eigenvalue weighted by molar-refractivity contribution is -0.0542. The van der Waals surface area contributed by atoms with Crippen LogP contribution in [0.25, 0.3) is 0 Å². The van der Waals surface area contributed by atoms with Crippen molar-refractivity contribution in [2.24, 2.45) is 0 Å². The predicted octanol–water partition coefficient (Wildman–Crippen LogP) is -3.59. The maximum atomic E-state index is 11.6. The van der Waals surface area contributed by atoms with Crippen LogP contribution in [0.4, 0.5) is 11.9 Å². The summed E-state index contributed by atoms with van der Waals surface area (Å²) in [4.78, 5) is 18.5. The molecule has 7 N–H and O–H groups in total. The first kappa shape index (κ1) is 12.7. The van der Waals surface area contributed by atoms with E-state index in [1.165, 1.54) is 0 Å². The Morgan fingerprint density at radius 1 is 1.28 bits per heavy atom. The molecule has 0 amide bonds. The first-order valence-corrected chi connectivity index (χ1v) is 5.09. The van der Waals surface area contributed by atoms with Crippen LogP contribution in [0.3, 0.4) is 0 Å². The van der Waals surface area contributed by atoms with Crippen LogP contribution in [0.2, 0.25) is 0 Å². The minimum atomic E-state index is -1.44. The average molecular weight is 259 g/mol. The largest absolute Gasteiger partial charge is 0.394 e. The quantitative estimate of drug-likeness (QED) is 0.360. The zero-order valence-electron chi connectivity index (χ0n) is 9.17. The average Bonchev–Trinajstić information content (AvgIpc) is 2.56. The topological polar surface area (TPSA) is 170 Å². The van der Waals surface area contributed by atoms with Crippen LogP contribution in [0.5, 0.6) is 0 Å². The van der Waals surface area contributed by atoms with Crippen LogP contribution >= 0.6 is 0 Å². The Morgan fingerprint density at radius 2 is 1.94 bits per heavy atom. The first-order valence-electron chi connectivity index (χ1n) is 5.09. The number of rotatable bonds is 2. The van der Waals surface area contributed by atoms with E-state index in [4.69, 9.17) is 21.3 Å². The van der Waals surface area contributed by atoms with Gasteiger partial charge >= 0.3 is 5.69 Å². The maximum absolute atomic E-state index is 11.6. The Bertz CT molecular complexity index is 505. The number of hydrogen-bond acceptors (Lipinski definition) is 9. The van der Waals surface area contributed by atoms with Crippen LogP contribution in [-0.2, 0) is 4.74 Å². The molecule has 1 aliphatic rings. The Balaban J connectivity index is 2.42. The normalized spacial score (nSPS) is 31.7. The minimum Gasteiger partial charge on any atom is -0.394 e.